The molecule has 0 amide bonds. The van der Waals surface area contributed by atoms with Crippen LogP contribution in [0.1, 0.15) is 23.9 Å². The standard InChI is InChI=1S/C13H14Cl2N2O/c1-17-7-6-16-13(17)5-4-12(18)10-8-9(14)2-3-11(10)15/h2-3,6-8,12,18H,4-5H2,1H3. The van der Waals surface area contributed by atoms with Crippen molar-refractivity contribution in [3.05, 3.63) is 52.0 Å². The Morgan fingerprint density at radius 3 is 2.83 bits per heavy atom. The molecule has 18 heavy (non-hydrogen) atoms. The van der Waals surface area contributed by atoms with Gasteiger partial charge in [-0.05, 0) is 24.6 Å². The molecule has 2 rings (SSSR count). The maximum atomic E-state index is 10.1. The lowest BCUT2D eigenvalue weighted by molar-refractivity contribution is 0.167. The van der Waals surface area contributed by atoms with Crippen LogP contribution in [-0.2, 0) is 13.5 Å². The molecule has 0 bridgehead atoms. The Balaban J connectivity index is 2.06. The van der Waals surface area contributed by atoms with Gasteiger partial charge in [-0.3, -0.25) is 0 Å². The number of rotatable bonds is 4. The summed E-state index contributed by atoms with van der Waals surface area (Å²) in [7, 11) is 1.93. The highest BCUT2D eigenvalue weighted by molar-refractivity contribution is 6.33. The molecule has 0 aliphatic rings. The summed E-state index contributed by atoms with van der Waals surface area (Å²) >= 11 is 11.9. The van der Waals surface area contributed by atoms with Crippen LogP contribution in [0.15, 0.2) is 30.6 Å². The van der Waals surface area contributed by atoms with Crippen LogP contribution in [0.3, 0.4) is 0 Å². The van der Waals surface area contributed by atoms with Crippen LogP contribution >= 0.6 is 23.2 Å². The largest absolute Gasteiger partial charge is 0.388 e. The summed E-state index contributed by atoms with van der Waals surface area (Å²) in [5.41, 5.74) is 0.665. The molecule has 2 aromatic rings. The first-order valence-electron chi connectivity index (χ1n) is 5.67. The SMILES string of the molecule is Cn1ccnc1CCC(O)c1cc(Cl)ccc1Cl. The van der Waals surface area contributed by atoms with Crippen LogP contribution < -0.4 is 0 Å². The van der Waals surface area contributed by atoms with Gasteiger partial charge in [0.1, 0.15) is 5.82 Å². The second-order valence-electron chi connectivity index (χ2n) is 4.17. The maximum absolute atomic E-state index is 10.1. The molecule has 96 valence electrons. The van der Waals surface area contributed by atoms with Crippen molar-refractivity contribution in [2.45, 2.75) is 18.9 Å². The van der Waals surface area contributed by atoms with Crippen LogP contribution in [0.2, 0.25) is 10.0 Å². The Labute approximate surface area is 116 Å². The molecule has 3 nitrogen and oxygen atoms in total. The fourth-order valence-corrected chi connectivity index (χ4v) is 2.25. The zero-order chi connectivity index (χ0) is 13.1. The van der Waals surface area contributed by atoms with Crippen molar-refractivity contribution in [1.29, 1.82) is 0 Å². The minimum absolute atomic E-state index is 0.534. The van der Waals surface area contributed by atoms with Crippen molar-refractivity contribution in [2.75, 3.05) is 0 Å². The number of aryl methyl sites for hydroxylation is 2. The number of aliphatic hydroxyl groups excluding tert-OH is 1. The molecule has 0 aliphatic heterocycles. The van der Waals surface area contributed by atoms with Crippen molar-refractivity contribution in [1.82, 2.24) is 9.55 Å². The number of halogens is 2. The normalized spacial score (nSPS) is 12.7. The molecule has 1 heterocycles. The summed E-state index contributed by atoms with van der Waals surface area (Å²) in [6, 6.07) is 5.11. The van der Waals surface area contributed by atoms with Gasteiger partial charge in [-0.15, -0.1) is 0 Å². The van der Waals surface area contributed by atoms with Crippen LogP contribution in [0.5, 0.6) is 0 Å². The summed E-state index contributed by atoms with van der Waals surface area (Å²) in [5, 5.41) is 11.2. The van der Waals surface area contributed by atoms with Gasteiger partial charge in [0.25, 0.3) is 0 Å². The number of nitrogens with zero attached hydrogens (tertiary/aromatic N) is 2. The molecule has 0 saturated heterocycles. The number of hydrogen-bond acceptors (Lipinski definition) is 2. The molecule has 1 N–H and O–H groups in total. The first kappa shape index (κ1) is 13.4. The monoisotopic (exact) mass is 284 g/mol. The maximum Gasteiger partial charge on any atom is 0.108 e. The quantitative estimate of drug-likeness (QED) is 0.935. The van der Waals surface area contributed by atoms with Gasteiger partial charge in [0.15, 0.2) is 0 Å². The van der Waals surface area contributed by atoms with Crippen LogP contribution in [0, 0.1) is 0 Å². The Kier molecular flexibility index (Phi) is 4.27. The van der Waals surface area contributed by atoms with Gasteiger partial charge in [0, 0.05) is 41.5 Å². The number of imidazole rings is 1. The fraction of sp³-hybridized carbons (Fsp3) is 0.308. The van der Waals surface area contributed by atoms with Crippen molar-refractivity contribution < 1.29 is 5.11 Å². The molecule has 0 radical (unpaired) electrons. The smallest absolute Gasteiger partial charge is 0.108 e. The van der Waals surface area contributed by atoms with Crippen molar-refractivity contribution in [3.8, 4) is 0 Å². The second kappa shape index (κ2) is 5.74. The lowest BCUT2D eigenvalue weighted by atomic mass is 10.0. The number of benzene rings is 1. The molecular weight excluding hydrogens is 271 g/mol. The van der Waals surface area contributed by atoms with E-state index < -0.39 is 6.10 Å². The van der Waals surface area contributed by atoms with E-state index in [1.165, 1.54) is 0 Å². The van der Waals surface area contributed by atoms with E-state index in [9.17, 15) is 5.11 Å². The summed E-state index contributed by atoms with van der Waals surface area (Å²) in [6.45, 7) is 0. The van der Waals surface area contributed by atoms with E-state index in [0.29, 0.717) is 28.5 Å². The highest BCUT2D eigenvalue weighted by atomic mass is 35.5. The van der Waals surface area contributed by atoms with Crippen LogP contribution in [-0.4, -0.2) is 14.7 Å². The predicted octanol–water partition coefficient (Wildman–Crippen LogP) is 3.39. The molecule has 1 aromatic heterocycles. The van der Waals surface area contributed by atoms with Crippen molar-refractivity contribution in [2.24, 2.45) is 7.05 Å². The van der Waals surface area contributed by atoms with Gasteiger partial charge in [-0.1, -0.05) is 23.2 Å². The summed E-state index contributed by atoms with van der Waals surface area (Å²) in [4.78, 5) is 4.21. The molecule has 0 aliphatic carbocycles. The third-order valence-electron chi connectivity index (χ3n) is 2.88. The number of aliphatic hydroxyl groups is 1. The number of aromatic nitrogens is 2. The van der Waals surface area contributed by atoms with E-state index in [2.05, 4.69) is 4.98 Å². The van der Waals surface area contributed by atoms with Gasteiger partial charge < -0.3 is 9.67 Å². The summed E-state index contributed by atoms with van der Waals surface area (Å²) in [6.07, 6.45) is 4.24. The molecule has 1 atom stereocenters. The number of hydrogen-bond donors (Lipinski definition) is 1. The minimum atomic E-state index is -0.632. The van der Waals surface area contributed by atoms with Crippen LogP contribution in [0.25, 0.3) is 0 Å². The Hall–Kier alpha value is -1.03. The Bertz CT molecular complexity index is 540. The lowest BCUT2D eigenvalue weighted by Crippen LogP contribution is -2.04. The first-order chi connectivity index (χ1) is 8.58. The summed E-state index contributed by atoms with van der Waals surface area (Å²) < 4.78 is 1.94. The zero-order valence-corrected chi connectivity index (χ0v) is 11.5. The van der Waals surface area contributed by atoms with Gasteiger partial charge in [-0.25, -0.2) is 4.98 Å². The molecular formula is C13H14Cl2N2O. The zero-order valence-electron chi connectivity index (χ0n) is 9.98. The molecule has 0 fully saturated rings. The topological polar surface area (TPSA) is 38.0 Å². The molecule has 5 heteroatoms. The average molecular weight is 285 g/mol. The first-order valence-corrected chi connectivity index (χ1v) is 6.42. The third kappa shape index (κ3) is 3.05. The highest BCUT2D eigenvalue weighted by Crippen LogP contribution is 2.28. The van der Waals surface area contributed by atoms with E-state index in [-0.39, 0.29) is 0 Å². The van der Waals surface area contributed by atoms with E-state index in [1.807, 2.05) is 17.8 Å². The van der Waals surface area contributed by atoms with E-state index in [4.69, 9.17) is 23.2 Å². The lowest BCUT2D eigenvalue weighted by Gasteiger charge is -2.13. The second-order valence-corrected chi connectivity index (χ2v) is 5.02. The van der Waals surface area contributed by atoms with E-state index in [0.717, 1.165) is 5.82 Å². The molecule has 1 unspecified atom stereocenters. The average Bonchev–Trinajstić information content (AvgIpc) is 2.75. The third-order valence-corrected chi connectivity index (χ3v) is 3.46. The van der Waals surface area contributed by atoms with Crippen molar-refractivity contribution >= 4 is 23.2 Å². The van der Waals surface area contributed by atoms with E-state index in [1.54, 1.807) is 24.4 Å². The fourth-order valence-electron chi connectivity index (χ4n) is 1.83. The Morgan fingerprint density at radius 1 is 1.39 bits per heavy atom. The van der Waals surface area contributed by atoms with Gasteiger partial charge in [-0.2, -0.15) is 0 Å². The van der Waals surface area contributed by atoms with Gasteiger partial charge >= 0.3 is 0 Å². The van der Waals surface area contributed by atoms with Gasteiger partial charge in [0.05, 0.1) is 6.10 Å². The highest BCUT2D eigenvalue weighted by Gasteiger charge is 2.13. The predicted molar refractivity (Wildman–Crippen MR) is 73.0 cm³/mol. The van der Waals surface area contributed by atoms with Crippen molar-refractivity contribution in [3.63, 3.8) is 0 Å². The molecule has 1 aromatic carbocycles. The van der Waals surface area contributed by atoms with Crippen LogP contribution in [0.4, 0.5) is 0 Å². The molecule has 0 saturated carbocycles. The molecule has 0 spiro atoms. The van der Waals surface area contributed by atoms with E-state index >= 15 is 0 Å². The van der Waals surface area contributed by atoms with Gasteiger partial charge in [0.2, 0.25) is 0 Å². The Morgan fingerprint density at radius 2 is 2.17 bits per heavy atom. The minimum Gasteiger partial charge on any atom is -0.388 e. The summed E-state index contributed by atoms with van der Waals surface area (Å²) in [5.74, 6) is 0.937.